The lowest BCUT2D eigenvalue weighted by Crippen LogP contribution is -2.09. The summed E-state index contributed by atoms with van der Waals surface area (Å²) in [5.41, 5.74) is 2.98. The highest BCUT2D eigenvalue weighted by molar-refractivity contribution is 9.11. The summed E-state index contributed by atoms with van der Waals surface area (Å²) >= 11 is 12.8. The second-order valence-corrected chi connectivity index (χ2v) is 7.62. The number of fused-ring (bicyclic) bond motifs is 2. The lowest BCUT2D eigenvalue weighted by Gasteiger charge is -2.11. The van der Waals surface area contributed by atoms with E-state index >= 15 is 0 Å². The molecule has 0 aliphatic rings. The predicted octanol–water partition coefficient (Wildman–Crippen LogP) is 6.18. The maximum atomic E-state index is 12.5. The molecule has 7 heteroatoms. The third kappa shape index (κ3) is 3.20. The van der Waals surface area contributed by atoms with Gasteiger partial charge in [-0.1, -0.05) is 23.7 Å². The minimum Gasteiger partial charge on any atom is -0.419 e. The first kappa shape index (κ1) is 17.4. The monoisotopic (exact) mass is 490 g/mol. The smallest absolute Gasteiger partial charge is 0.343 e. The maximum Gasteiger partial charge on any atom is 0.343 e. The number of nitrogens with zero attached hydrogens (tertiary/aromatic N) is 2. The van der Waals surface area contributed by atoms with Crippen LogP contribution in [0.25, 0.3) is 22.1 Å². The molecule has 0 bridgehead atoms. The summed E-state index contributed by atoms with van der Waals surface area (Å²) in [4.78, 5) is 21.8. The van der Waals surface area contributed by atoms with Gasteiger partial charge in [-0.2, -0.15) is 0 Å². The average molecular weight is 493 g/mol. The molecule has 3 aromatic carbocycles. The lowest BCUT2D eigenvalue weighted by atomic mass is 10.2. The highest BCUT2D eigenvalue weighted by Gasteiger charge is 2.18. The molecule has 0 unspecified atom stereocenters. The molecule has 0 N–H and O–H groups in total. The van der Waals surface area contributed by atoms with E-state index in [0.29, 0.717) is 37.4 Å². The molecule has 0 amide bonds. The Kier molecular flexibility index (Phi) is 4.65. The van der Waals surface area contributed by atoms with Gasteiger partial charge in [0, 0.05) is 9.50 Å². The van der Waals surface area contributed by atoms with E-state index in [9.17, 15) is 4.79 Å². The topological polar surface area (TPSA) is 52.1 Å². The van der Waals surface area contributed by atoms with E-state index in [0.717, 1.165) is 9.99 Å². The van der Waals surface area contributed by atoms with Crippen LogP contribution in [0.3, 0.4) is 0 Å². The first-order valence-corrected chi connectivity index (χ1v) is 9.51. The first-order chi connectivity index (χ1) is 12.5. The van der Waals surface area contributed by atoms with Crippen LogP contribution in [0.5, 0.6) is 5.75 Å². The molecule has 4 aromatic rings. The summed E-state index contributed by atoms with van der Waals surface area (Å²) in [5, 5.41) is 0.550. The van der Waals surface area contributed by atoms with Crippen LogP contribution >= 0.6 is 43.5 Å². The Bertz CT molecular complexity index is 1160. The van der Waals surface area contributed by atoms with Crippen molar-refractivity contribution in [3.05, 3.63) is 74.1 Å². The molecule has 1 aromatic heterocycles. The average Bonchev–Trinajstić information content (AvgIpc) is 2.64. The quantitative estimate of drug-likeness (QED) is 0.191. The Labute approximate surface area is 170 Å². The van der Waals surface area contributed by atoms with Crippen molar-refractivity contribution in [2.75, 3.05) is 0 Å². The number of benzene rings is 3. The maximum absolute atomic E-state index is 12.5. The standard InChI is InChI=1S/C19H9Br2ClN2O2/c20-12-9-13(21)18(26-19(25)10-5-7-11(22)8-6-10)17-16(12)23-14-3-1-2-4-15(14)24-17/h1-9H. The zero-order valence-electron chi connectivity index (χ0n) is 13.0. The number of ether oxygens (including phenoxy) is 1. The van der Waals surface area contributed by atoms with Crippen LogP contribution in [0.4, 0.5) is 0 Å². The normalized spacial score (nSPS) is 11.0. The summed E-state index contributed by atoms with van der Waals surface area (Å²) in [7, 11) is 0. The van der Waals surface area contributed by atoms with Crippen LogP contribution in [0.15, 0.2) is 63.5 Å². The Morgan fingerprint density at radius 3 is 2.15 bits per heavy atom. The second kappa shape index (κ2) is 6.95. The number of hydrogen-bond acceptors (Lipinski definition) is 4. The third-order valence-corrected chi connectivity index (χ3v) is 5.20. The third-order valence-electron chi connectivity index (χ3n) is 3.76. The molecule has 26 heavy (non-hydrogen) atoms. The number of carbonyl (C=O) groups excluding carboxylic acids is 1. The van der Waals surface area contributed by atoms with E-state index in [-0.39, 0.29) is 0 Å². The molecule has 1 heterocycles. The van der Waals surface area contributed by atoms with Crippen molar-refractivity contribution < 1.29 is 9.53 Å². The van der Waals surface area contributed by atoms with Crippen molar-refractivity contribution in [3.63, 3.8) is 0 Å². The second-order valence-electron chi connectivity index (χ2n) is 5.48. The van der Waals surface area contributed by atoms with E-state index in [1.54, 1.807) is 30.3 Å². The zero-order chi connectivity index (χ0) is 18.3. The summed E-state index contributed by atoms with van der Waals surface area (Å²) in [5.74, 6) is -0.178. The van der Waals surface area contributed by atoms with Crippen LogP contribution in [-0.4, -0.2) is 15.9 Å². The predicted molar refractivity (Wildman–Crippen MR) is 109 cm³/mol. The molecule has 0 aliphatic carbocycles. The van der Waals surface area contributed by atoms with Gasteiger partial charge in [-0.25, -0.2) is 14.8 Å². The zero-order valence-corrected chi connectivity index (χ0v) is 17.0. The van der Waals surface area contributed by atoms with Crippen LogP contribution in [0.2, 0.25) is 5.02 Å². The number of hydrogen-bond donors (Lipinski definition) is 0. The molecule has 0 spiro atoms. The van der Waals surface area contributed by atoms with E-state index in [1.807, 2.05) is 24.3 Å². The van der Waals surface area contributed by atoms with Gasteiger partial charge in [0.15, 0.2) is 5.75 Å². The minimum absolute atomic E-state index is 0.321. The van der Waals surface area contributed by atoms with E-state index in [4.69, 9.17) is 16.3 Å². The van der Waals surface area contributed by atoms with Crippen LogP contribution < -0.4 is 4.74 Å². The Balaban J connectivity index is 1.86. The largest absolute Gasteiger partial charge is 0.419 e. The highest BCUT2D eigenvalue weighted by atomic mass is 79.9. The fourth-order valence-corrected chi connectivity index (χ4v) is 3.95. The van der Waals surface area contributed by atoms with Gasteiger partial charge in [0.1, 0.15) is 11.0 Å². The van der Waals surface area contributed by atoms with Crippen molar-refractivity contribution >= 4 is 71.5 Å². The molecule has 0 fully saturated rings. The Morgan fingerprint density at radius 1 is 0.885 bits per heavy atom. The fraction of sp³-hybridized carbons (Fsp3) is 0. The Hall–Kier alpha value is -2.02. The lowest BCUT2D eigenvalue weighted by molar-refractivity contribution is 0.0735. The number of halogens is 3. The molecule has 0 radical (unpaired) electrons. The summed E-state index contributed by atoms with van der Waals surface area (Å²) in [6.45, 7) is 0. The highest BCUT2D eigenvalue weighted by Crippen LogP contribution is 2.38. The van der Waals surface area contributed by atoms with Crippen molar-refractivity contribution in [2.45, 2.75) is 0 Å². The van der Waals surface area contributed by atoms with Crippen molar-refractivity contribution in [2.24, 2.45) is 0 Å². The van der Waals surface area contributed by atoms with Gasteiger partial charge in [-0.05, 0) is 74.3 Å². The van der Waals surface area contributed by atoms with Gasteiger partial charge < -0.3 is 4.74 Å². The summed E-state index contributed by atoms with van der Waals surface area (Å²) in [6.07, 6.45) is 0. The van der Waals surface area contributed by atoms with Crippen LogP contribution in [-0.2, 0) is 0 Å². The fourth-order valence-electron chi connectivity index (χ4n) is 2.52. The van der Waals surface area contributed by atoms with Gasteiger partial charge in [-0.15, -0.1) is 0 Å². The number of rotatable bonds is 2. The molecule has 4 rings (SSSR count). The molecule has 0 saturated heterocycles. The number of aromatic nitrogens is 2. The Morgan fingerprint density at radius 2 is 1.50 bits per heavy atom. The minimum atomic E-state index is -0.499. The number of para-hydroxylation sites is 2. The molecule has 0 aliphatic heterocycles. The van der Waals surface area contributed by atoms with E-state index < -0.39 is 5.97 Å². The SMILES string of the molecule is O=C(Oc1c(Br)cc(Br)c2nc3ccccc3nc12)c1ccc(Cl)cc1. The molecule has 4 nitrogen and oxygen atoms in total. The van der Waals surface area contributed by atoms with Crippen molar-refractivity contribution in [1.82, 2.24) is 9.97 Å². The summed E-state index contributed by atoms with van der Waals surface area (Å²) < 4.78 is 6.99. The van der Waals surface area contributed by atoms with Gasteiger partial charge in [0.05, 0.1) is 21.1 Å². The first-order valence-electron chi connectivity index (χ1n) is 7.55. The molecule has 128 valence electrons. The van der Waals surface area contributed by atoms with E-state index in [2.05, 4.69) is 41.8 Å². The molecule has 0 saturated carbocycles. The number of esters is 1. The molecule has 0 atom stereocenters. The van der Waals surface area contributed by atoms with Gasteiger partial charge in [0.2, 0.25) is 0 Å². The van der Waals surface area contributed by atoms with Gasteiger partial charge in [0.25, 0.3) is 0 Å². The van der Waals surface area contributed by atoms with Crippen LogP contribution in [0, 0.1) is 0 Å². The van der Waals surface area contributed by atoms with Gasteiger partial charge in [-0.3, -0.25) is 0 Å². The van der Waals surface area contributed by atoms with Crippen molar-refractivity contribution in [1.29, 1.82) is 0 Å². The molecular formula is C19H9Br2ClN2O2. The number of carbonyl (C=O) groups is 1. The van der Waals surface area contributed by atoms with Gasteiger partial charge >= 0.3 is 5.97 Å². The summed E-state index contributed by atoms with van der Waals surface area (Å²) in [6, 6.07) is 15.8. The van der Waals surface area contributed by atoms with Crippen LogP contribution in [0.1, 0.15) is 10.4 Å². The van der Waals surface area contributed by atoms with Crippen molar-refractivity contribution in [3.8, 4) is 5.75 Å². The van der Waals surface area contributed by atoms with E-state index in [1.165, 1.54) is 0 Å². The molecular weight excluding hydrogens is 483 g/mol.